The minimum Gasteiger partial charge on any atom is -0.351 e. The zero-order valence-electron chi connectivity index (χ0n) is 16.4. The molecule has 1 saturated carbocycles. The number of hydrogen-bond acceptors (Lipinski definition) is 3. The summed E-state index contributed by atoms with van der Waals surface area (Å²) in [4.78, 5) is 12.0. The third-order valence-corrected chi connectivity index (χ3v) is 5.08. The van der Waals surface area contributed by atoms with Gasteiger partial charge in [-0.2, -0.15) is 0 Å². The van der Waals surface area contributed by atoms with Crippen molar-refractivity contribution in [2.75, 3.05) is 6.54 Å². The number of amides is 1. The summed E-state index contributed by atoms with van der Waals surface area (Å²) in [6.07, 6.45) is 3.80. The lowest BCUT2D eigenvalue weighted by Crippen LogP contribution is -2.40. The van der Waals surface area contributed by atoms with Gasteiger partial charge in [0.15, 0.2) is 0 Å². The Kier molecular flexibility index (Phi) is 11.2. The van der Waals surface area contributed by atoms with Crippen LogP contribution in [0.3, 0.4) is 0 Å². The molecule has 3 unspecified atom stereocenters. The average Bonchev–Trinajstić information content (AvgIpc) is 3.47. The molecule has 0 heterocycles. The highest BCUT2D eigenvalue weighted by Gasteiger charge is 2.37. The van der Waals surface area contributed by atoms with Crippen molar-refractivity contribution >= 4 is 30.7 Å². The number of nitrogens with two attached hydrogens (primary N) is 1. The number of hydrogen-bond donors (Lipinski definition) is 3. The first-order valence-corrected chi connectivity index (χ1v) is 9.69. The largest absolute Gasteiger partial charge is 0.351 e. The molecule has 2 aromatic rings. The van der Waals surface area contributed by atoms with Crippen LogP contribution in [-0.4, -0.2) is 24.5 Å². The predicted octanol–water partition coefficient (Wildman–Crippen LogP) is 3.93. The maximum atomic E-state index is 12.9. The van der Waals surface area contributed by atoms with E-state index in [1.54, 1.807) is 12.1 Å². The molecule has 1 fully saturated rings. The molecule has 1 amide bonds. The van der Waals surface area contributed by atoms with E-state index < -0.39 is 6.04 Å². The maximum Gasteiger partial charge on any atom is 0.237 e. The van der Waals surface area contributed by atoms with Crippen molar-refractivity contribution in [1.29, 1.82) is 0 Å². The van der Waals surface area contributed by atoms with Gasteiger partial charge in [0.2, 0.25) is 5.91 Å². The Labute approximate surface area is 184 Å². The van der Waals surface area contributed by atoms with Crippen molar-refractivity contribution in [3.05, 3.63) is 71.5 Å². The highest BCUT2D eigenvalue weighted by atomic mass is 35.5. The van der Waals surface area contributed by atoms with Crippen LogP contribution in [0.2, 0.25) is 0 Å². The molecule has 0 aliphatic heterocycles. The van der Waals surface area contributed by atoms with E-state index in [1.165, 1.54) is 24.1 Å². The van der Waals surface area contributed by atoms with Crippen LogP contribution in [0.4, 0.5) is 4.39 Å². The van der Waals surface area contributed by atoms with E-state index in [1.807, 2.05) is 6.07 Å². The van der Waals surface area contributed by atoms with Crippen molar-refractivity contribution in [2.24, 2.45) is 5.73 Å². The van der Waals surface area contributed by atoms with Gasteiger partial charge in [-0.05, 0) is 49.1 Å². The van der Waals surface area contributed by atoms with Gasteiger partial charge in [0.1, 0.15) is 5.82 Å². The molecule has 0 spiro atoms. The number of benzene rings is 2. The van der Waals surface area contributed by atoms with Gasteiger partial charge < -0.3 is 16.4 Å². The summed E-state index contributed by atoms with van der Waals surface area (Å²) in [5.74, 6) is 0.209. The van der Waals surface area contributed by atoms with Gasteiger partial charge in [-0.15, -0.1) is 24.8 Å². The summed E-state index contributed by atoms with van der Waals surface area (Å²) in [5.41, 5.74) is 8.24. The summed E-state index contributed by atoms with van der Waals surface area (Å²) >= 11 is 0. The molecule has 160 valence electrons. The number of carbonyl (C=O) groups excluding carboxylic acids is 1. The smallest absolute Gasteiger partial charge is 0.237 e. The number of unbranched alkanes of at least 4 members (excludes halogenated alkanes) is 1. The van der Waals surface area contributed by atoms with Gasteiger partial charge in [0, 0.05) is 18.5 Å². The molecule has 3 atom stereocenters. The molecule has 0 aromatic heterocycles. The first kappa shape index (κ1) is 25.4. The predicted molar refractivity (Wildman–Crippen MR) is 120 cm³/mol. The summed E-state index contributed by atoms with van der Waals surface area (Å²) in [6.45, 7) is 1.33. The summed E-state index contributed by atoms with van der Waals surface area (Å²) in [7, 11) is 0. The van der Waals surface area contributed by atoms with Crippen molar-refractivity contribution in [3.8, 4) is 0 Å². The number of nitrogens with one attached hydrogen (secondary N) is 2. The second kappa shape index (κ2) is 12.8. The van der Waals surface area contributed by atoms with Crippen LogP contribution < -0.4 is 16.4 Å². The lowest BCUT2D eigenvalue weighted by atomic mass is 10.1. The fraction of sp³-hybridized carbons (Fsp3) is 0.409. The summed E-state index contributed by atoms with van der Waals surface area (Å²) < 4.78 is 12.9. The highest BCUT2D eigenvalue weighted by Crippen LogP contribution is 2.40. The Morgan fingerprint density at radius 2 is 1.76 bits per heavy atom. The normalized spacial score (nSPS) is 18.1. The maximum absolute atomic E-state index is 12.9. The van der Waals surface area contributed by atoms with Crippen LogP contribution in [-0.2, 0) is 11.3 Å². The lowest BCUT2D eigenvalue weighted by molar-refractivity contribution is -0.122. The van der Waals surface area contributed by atoms with Crippen molar-refractivity contribution < 1.29 is 9.18 Å². The Morgan fingerprint density at radius 3 is 2.45 bits per heavy atom. The van der Waals surface area contributed by atoms with Gasteiger partial charge in [-0.25, -0.2) is 4.39 Å². The van der Waals surface area contributed by atoms with Crippen molar-refractivity contribution in [2.45, 2.75) is 50.2 Å². The molecule has 29 heavy (non-hydrogen) atoms. The molecule has 4 N–H and O–H groups in total. The second-order valence-corrected chi connectivity index (χ2v) is 7.26. The van der Waals surface area contributed by atoms with E-state index >= 15 is 0 Å². The number of halogens is 3. The van der Waals surface area contributed by atoms with Crippen LogP contribution >= 0.6 is 24.8 Å². The monoisotopic (exact) mass is 441 g/mol. The SMILES string of the molecule is Cl.Cl.NC(CCCCNC1CC1c1ccccc1)C(=O)NCc1ccc(F)cc1. The van der Waals surface area contributed by atoms with Crippen LogP contribution in [0.15, 0.2) is 54.6 Å². The van der Waals surface area contributed by atoms with E-state index in [0.29, 0.717) is 24.9 Å². The second-order valence-electron chi connectivity index (χ2n) is 7.26. The molecular formula is C22H30Cl2FN3O. The molecule has 2 aromatic carbocycles. The first-order chi connectivity index (χ1) is 13.1. The van der Waals surface area contributed by atoms with Gasteiger partial charge in [-0.3, -0.25) is 4.79 Å². The molecule has 0 saturated heterocycles. The van der Waals surface area contributed by atoms with Gasteiger partial charge in [0.05, 0.1) is 6.04 Å². The molecule has 3 rings (SSSR count). The van der Waals surface area contributed by atoms with Gasteiger partial charge in [0.25, 0.3) is 0 Å². The van der Waals surface area contributed by atoms with E-state index in [9.17, 15) is 9.18 Å². The highest BCUT2D eigenvalue weighted by molar-refractivity contribution is 5.85. The van der Waals surface area contributed by atoms with Crippen LogP contribution in [0.25, 0.3) is 0 Å². The zero-order valence-corrected chi connectivity index (χ0v) is 18.0. The van der Waals surface area contributed by atoms with E-state index in [-0.39, 0.29) is 36.5 Å². The van der Waals surface area contributed by atoms with Crippen molar-refractivity contribution in [3.63, 3.8) is 0 Å². The van der Waals surface area contributed by atoms with Crippen LogP contribution in [0.5, 0.6) is 0 Å². The van der Waals surface area contributed by atoms with Crippen molar-refractivity contribution in [1.82, 2.24) is 10.6 Å². The number of carbonyl (C=O) groups is 1. The fourth-order valence-electron chi connectivity index (χ4n) is 3.32. The minimum atomic E-state index is -0.497. The molecule has 1 aliphatic carbocycles. The minimum absolute atomic E-state index is 0. The van der Waals surface area contributed by atoms with E-state index in [0.717, 1.165) is 24.9 Å². The summed E-state index contributed by atoms with van der Waals surface area (Å²) in [6, 6.07) is 16.8. The zero-order chi connectivity index (χ0) is 19.1. The molecule has 1 aliphatic rings. The Morgan fingerprint density at radius 1 is 1.07 bits per heavy atom. The lowest BCUT2D eigenvalue weighted by Gasteiger charge is -2.12. The van der Waals surface area contributed by atoms with E-state index in [2.05, 4.69) is 34.9 Å². The number of rotatable bonds is 10. The standard InChI is InChI=1S/C22H28FN3O.2ClH/c23-18-11-9-16(10-12-18)15-26-22(27)20(24)8-4-5-13-25-21-14-19(21)17-6-2-1-3-7-17;;/h1-3,6-7,9-12,19-21,25H,4-5,8,13-15,24H2,(H,26,27);2*1H. The third kappa shape index (κ3) is 8.31. The van der Waals surface area contributed by atoms with E-state index in [4.69, 9.17) is 5.73 Å². The Hall–Kier alpha value is -1.66. The summed E-state index contributed by atoms with van der Waals surface area (Å²) in [5, 5.41) is 6.40. The molecular weight excluding hydrogens is 412 g/mol. The third-order valence-electron chi connectivity index (χ3n) is 5.08. The first-order valence-electron chi connectivity index (χ1n) is 9.69. The topological polar surface area (TPSA) is 67.1 Å². The van der Waals surface area contributed by atoms with Gasteiger partial charge in [-0.1, -0.05) is 48.9 Å². The molecule has 4 nitrogen and oxygen atoms in total. The van der Waals surface area contributed by atoms with Crippen LogP contribution in [0.1, 0.15) is 42.7 Å². The molecule has 0 bridgehead atoms. The Balaban J connectivity index is 0.00000210. The Bertz CT molecular complexity index is 731. The van der Waals surface area contributed by atoms with Gasteiger partial charge >= 0.3 is 0 Å². The average molecular weight is 442 g/mol. The quantitative estimate of drug-likeness (QED) is 0.489. The van der Waals surface area contributed by atoms with Crippen LogP contribution in [0, 0.1) is 5.82 Å². The molecule has 0 radical (unpaired) electrons. The fourth-order valence-corrected chi connectivity index (χ4v) is 3.32. The molecule has 7 heteroatoms.